The van der Waals surface area contributed by atoms with Crippen molar-refractivity contribution in [2.45, 2.75) is 39.5 Å². The normalized spacial score (nSPS) is 19.8. The van der Waals surface area contributed by atoms with E-state index in [1.54, 1.807) is 25.7 Å². The largest absolute Gasteiger partial charge is 0.481 e. The van der Waals surface area contributed by atoms with E-state index >= 15 is 0 Å². The molecule has 1 amide bonds. The Hall–Kier alpha value is -1.30. The quantitative estimate of drug-likeness (QED) is 0.839. The number of likely N-dealkylation sites (N-methyl/N-ethyl adjacent to an activating group) is 1. The number of carbonyl (C=O) groups is 3. The van der Waals surface area contributed by atoms with Gasteiger partial charge < -0.3 is 10.0 Å². The van der Waals surface area contributed by atoms with E-state index < -0.39 is 17.8 Å². The molecule has 0 saturated carbocycles. The van der Waals surface area contributed by atoms with Crippen molar-refractivity contribution in [3.05, 3.63) is 11.1 Å². The highest BCUT2D eigenvalue weighted by Crippen LogP contribution is 2.37. The van der Waals surface area contributed by atoms with Crippen LogP contribution in [0.1, 0.15) is 34.1 Å². The van der Waals surface area contributed by atoms with E-state index in [0.29, 0.717) is 12.1 Å². The van der Waals surface area contributed by atoms with Gasteiger partial charge >= 0.3 is 5.97 Å². The average Bonchev–Trinajstić information content (AvgIpc) is 2.59. The van der Waals surface area contributed by atoms with Crippen molar-refractivity contribution in [2.75, 3.05) is 12.8 Å². The maximum absolute atomic E-state index is 12.6. The third-order valence-electron chi connectivity index (χ3n) is 3.19. The van der Waals surface area contributed by atoms with Gasteiger partial charge in [-0.2, -0.15) is 0 Å². The van der Waals surface area contributed by atoms with Crippen LogP contribution < -0.4 is 0 Å². The van der Waals surface area contributed by atoms with Crippen LogP contribution in [0.15, 0.2) is 11.1 Å². The fourth-order valence-electron chi connectivity index (χ4n) is 2.23. The third-order valence-corrected chi connectivity index (χ3v) is 4.13. The lowest BCUT2D eigenvalue weighted by Crippen LogP contribution is -2.36. The summed E-state index contributed by atoms with van der Waals surface area (Å²) >= 11 is 1.39. The molecule has 5 nitrogen and oxygen atoms in total. The van der Waals surface area contributed by atoms with Crippen LogP contribution in [0, 0.1) is 5.41 Å². The Morgan fingerprint density at radius 3 is 2.25 bits per heavy atom. The topological polar surface area (TPSA) is 74.7 Å². The molecule has 20 heavy (non-hydrogen) atoms. The zero-order valence-electron chi connectivity index (χ0n) is 12.5. The SMILES string of the molecule is CCN1C(=O)C(CC(=O)O)=C(C(=O)C(C)(C)C)[C@H]1SC. The van der Waals surface area contributed by atoms with E-state index in [-0.39, 0.29) is 22.6 Å². The third kappa shape index (κ3) is 3.06. The summed E-state index contributed by atoms with van der Waals surface area (Å²) in [5, 5.41) is 8.61. The summed E-state index contributed by atoms with van der Waals surface area (Å²) in [5.41, 5.74) is -0.144. The van der Waals surface area contributed by atoms with Gasteiger partial charge in [0.1, 0.15) is 5.37 Å². The van der Waals surface area contributed by atoms with Crippen LogP contribution in [-0.4, -0.2) is 45.8 Å². The monoisotopic (exact) mass is 299 g/mol. The highest BCUT2D eigenvalue weighted by atomic mass is 32.2. The first-order valence-corrected chi connectivity index (χ1v) is 7.77. The summed E-state index contributed by atoms with van der Waals surface area (Å²) in [7, 11) is 0. The molecule has 0 bridgehead atoms. The number of nitrogens with zero attached hydrogens (tertiary/aromatic N) is 1. The Balaban J connectivity index is 3.39. The lowest BCUT2D eigenvalue weighted by atomic mass is 9.84. The second-order valence-corrected chi connectivity index (χ2v) is 6.64. The predicted molar refractivity (Wildman–Crippen MR) is 78.4 cm³/mol. The molecule has 1 atom stereocenters. The zero-order valence-corrected chi connectivity index (χ0v) is 13.3. The highest BCUT2D eigenvalue weighted by Gasteiger charge is 2.44. The Morgan fingerprint density at radius 1 is 1.35 bits per heavy atom. The number of carboxylic acid groups (broad SMARTS) is 1. The molecular formula is C14H21NO4S. The highest BCUT2D eigenvalue weighted by molar-refractivity contribution is 7.99. The first-order valence-electron chi connectivity index (χ1n) is 6.48. The zero-order chi connectivity index (χ0) is 15.7. The van der Waals surface area contributed by atoms with Crippen molar-refractivity contribution in [1.29, 1.82) is 0 Å². The number of ketones is 1. The maximum atomic E-state index is 12.6. The molecule has 0 fully saturated rings. The van der Waals surface area contributed by atoms with Crippen molar-refractivity contribution < 1.29 is 19.5 Å². The molecule has 1 aliphatic heterocycles. The minimum absolute atomic E-state index is 0.138. The van der Waals surface area contributed by atoms with Crippen molar-refractivity contribution in [3.8, 4) is 0 Å². The molecule has 0 unspecified atom stereocenters. The molecule has 0 aliphatic carbocycles. The number of carbonyl (C=O) groups excluding carboxylic acids is 2. The smallest absolute Gasteiger partial charge is 0.308 e. The van der Waals surface area contributed by atoms with Gasteiger partial charge in [0.05, 0.1) is 6.42 Å². The standard InChI is InChI=1S/C14H21NO4S/c1-6-15-12(19)8(7-9(16)17)10(13(15)20-5)11(18)14(2,3)4/h13H,6-7H2,1-5H3,(H,16,17)/t13-/m1/s1. The summed E-state index contributed by atoms with van der Waals surface area (Å²) in [6.45, 7) is 7.60. The summed E-state index contributed by atoms with van der Waals surface area (Å²) in [5.74, 6) is -1.58. The molecule has 1 rings (SSSR count). The predicted octanol–water partition coefficient (Wildman–Crippen LogP) is 1.92. The molecule has 0 spiro atoms. The van der Waals surface area contributed by atoms with E-state index in [0.717, 1.165) is 0 Å². The van der Waals surface area contributed by atoms with Crippen LogP contribution in [0.5, 0.6) is 0 Å². The minimum atomic E-state index is -1.09. The fourth-order valence-corrected chi connectivity index (χ4v) is 3.21. The molecular weight excluding hydrogens is 278 g/mol. The second kappa shape index (κ2) is 5.99. The van der Waals surface area contributed by atoms with Gasteiger partial charge in [-0.25, -0.2) is 0 Å². The number of aliphatic carboxylic acids is 1. The van der Waals surface area contributed by atoms with Crippen molar-refractivity contribution in [2.24, 2.45) is 5.41 Å². The van der Waals surface area contributed by atoms with E-state index in [1.807, 2.05) is 13.2 Å². The number of thioether (sulfide) groups is 1. The Bertz CT molecular complexity index is 476. The van der Waals surface area contributed by atoms with Crippen LogP contribution >= 0.6 is 11.8 Å². The van der Waals surface area contributed by atoms with Gasteiger partial charge in [0.25, 0.3) is 5.91 Å². The summed E-state index contributed by atoms with van der Waals surface area (Å²) in [4.78, 5) is 37.5. The average molecular weight is 299 g/mol. The number of Topliss-reactive ketones (excluding diaryl/α,β-unsaturated/α-hetero) is 1. The van der Waals surface area contributed by atoms with E-state index in [1.165, 1.54) is 11.8 Å². The minimum Gasteiger partial charge on any atom is -0.481 e. The van der Waals surface area contributed by atoms with E-state index in [4.69, 9.17) is 5.11 Å². The molecule has 0 saturated heterocycles. The van der Waals surface area contributed by atoms with Crippen molar-refractivity contribution in [3.63, 3.8) is 0 Å². The maximum Gasteiger partial charge on any atom is 0.308 e. The number of amides is 1. The molecule has 0 aromatic rings. The lowest BCUT2D eigenvalue weighted by Gasteiger charge is -2.26. The molecule has 6 heteroatoms. The van der Waals surface area contributed by atoms with Crippen LogP contribution in [0.3, 0.4) is 0 Å². The molecule has 112 valence electrons. The van der Waals surface area contributed by atoms with Crippen LogP contribution in [0.2, 0.25) is 0 Å². The fraction of sp³-hybridized carbons (Fsp3) is 0.643. The number of hydrogen-bond donors (Lipinski definition) is 1. The second-order valence-electron chi connectivity index (χ2n) is 5.72. The lowest BCUT2D eigenvalue weighted by molar-refractivity contribution is -0.137. The van der Waals surface area contributed by atoms with Gasteiger partial charge in [-0.1, -0.05) is 20.8 Å². The van der Waals surface area contributed by atoms with Gasteiger partial charge in [-0.3, -0.25) is 14.4 Å². The number of rotatable bonds is 5. The summed E-state index contributed by atoms with van der Waals surface area (Å²) in [6.07, 6.45) is 1.42. The van der Waals surface area contributed by atoms with Crippen LogP contribution in [0.25, 0.3) is 0 Å². The molecule has 1 heterocycles. The Labute approximate surface area is 123 Å². The molecule has 1 N–H and O–H groups in total. The van der Waals surface area contributed by atoms with E-state index in [9.17, 15) is 14.4 Å². The van der Waals surface area contributed by atoms with Gasteiger partial charge in [-0.15, -0.1) is 11.8 Å². The summed E-state index contributed by atoms with van der Waals surface area (Å²) in [6, 6.07) is 0. The molecule has 0 aromatic heterocycles. The van der Waals surface area contributed by atoms with Crippen LogP contribution in [0.4, 0.5) is 0 Å². The molecule has 1 aliphatic rings. The van der Waals surface area contributed by atoms with Gasteiger partial charge in [0.15, 0.2) is 5.78 Å². The van der Waals surface area contributed by atoms with Gasteiger partial charge in [0, 0.05) is 23.1 Å². The summed E-state index contributed by atoms with van der Waals surface area (Å²) < 4.78 is 0. The first-order chi connectivity index (χ1) is 9.15. The van der Waals surface area contributed by atoms with Crippen molar-refractivity contribution in [1.82, 2.24) is 4.90 Å². The number of carboxylic acids is 1. The van der Waals surface area contributed by atoms with Gasteiger partial charge in [0.2, 0.25) is 0 Å². The Morgan fingerprint density at radius 2 is 1.90 bits per heavy atom. The molecule has 0 radical (unpaired) electrons. The van der Waals surface area contributed by atoms with E-state index in [2.05, 4.69) is 0 Å². The van der Waals surface area contributed by atoms with Crippen LogP contribution in [-0.2, 0) is 14.4 Å². The number of hydrogen-bond acceptors (Lipinski definition) is 4. The Kier molecular flexibility index (Phi) is 5.02. The van der Waals surface area contributed by atoms with Crippen molar-refractivity contribution >= 4 is 29.4 Å². The van der Waals surface area contributed by atoms with Gasteiger partial charge in [-0.05, 0) is 13.2 Å². The molecule has 0 aromatic carbocycles. The first kappa shape index (κ1) is 16.8.